The van der Waals surface area contributed by atoms with Crippen molar-refractivity contribution in [1.82, 2.24) is 15.5 Å². The van der Waals surface area contributed by atoms with Gasteiger partial charge in [-0.3, -0.25) is 19.8 Å². The second-order valence-electron chi connectivity index (χ2n) is 5.84. The fourth-order valence-corrected chi connectivity index (χ4v) is 2.17. The van der Waals surface area contributed by atoms with Crippen molar-refractivity contribution in [3.8, 4) is 0 Å². The van der Waals surface area contributed by atoms with E-state index in [2.05, 4.69) is 16.0 Å². The first-order valence-corrected chi connectivity index (χ1v) is 7.94. The molecule has 0 saturated heterocycles. The number of ether oxygens (including phenoxy) is 1. The topological polar surface area (TPSA) is 99.8 Å². The van der Waals surface area contributed by atoms with E-state index in [0.29, 0.717) is 18.8 Å². The molecule has 138 valence electrons. The Hall–Kier alpha value is -2.45. The monoisotopic (exact) mass is 350 g/mol. The molecule has 4 amide bonds. The maximum atomic E-state index is 11.9. The molecule has 8 heteroatoms. The molecule has 0 aromatic heterocycles. The van der Waals surface area contributed by atoms with Gasteiger partial charge in [0.05, 0.1) is 19.7 Å². The van der Waals surface area contributed by atoms with Crippen LogP contribution in [0.4, 0.5) is 10.5 Å². The minimum atomic E-state index is -0.602. The van der Waals surface area contributed by atoms with E-state index in [4.69, 9.17) is 4.74 Å². The molecule has 1 rings (SSSR count). The number of likely N-dealkylation sites (N-methyl/N-ethyl adjacent to an activating group) is 1. The van der Waals surface area contributed by atoms with Gasteiger partial charge in [-0.2, -0.15) is 0 Å². The Morgan fingerprint density at radius 3 is 2.44 bits per heavy atom. The first kappa shape index (κ1) is 20.6. The van der Waals surface area contributed by atoms with E-state index in [0.717, 1.165) is 11.1 Å². The summed E-state index contributed by atoms with van der Waals surface area (Å²) in [6.07, 6.45) is 0. The third kappa shape index (κ3) is 8.27. The van der Waals surface area contributed by atoms with Crippen LogP contribution in [0.25, 0.3) is 0 Å². The van der Waals surface area contributed by atoms with Gasteiger partial charge in [0.25, 0.3) is 0 Å². The Bertz CT molecular complexity index is 619. The summed E-state index contributed by atoms with van der Waals surface area (Å²) < 4.78 is 4.83. The molecule has 0 saturated carbocycles. The predicted octanol–water partition coefficient (Wildman–Crippen LogP) is 0.646. The van der Waals surface area contributed by atoms with Gasteiger partial charge in [0, 0.05) is 19.3 Å². The van der Waals surface area contributed by atoms with Crippen molar-refractivity contribution in [2.45, 2.75) is 13.8 Å². The minimum absolute atomic E-state index is 0.0514. The summed E-state index contributed by atoms with van der Waals surface area (Å²) in [4.78, 5) is 36.9. The van der Waals surface area contributed by atoms with E-state index < -0.39 is 11.9 Å². The Morgan fingerprint density at radius 1 is 1.12 bits per heavy atom. The number of carbonyl (C=O) groups is 3. The number of amides is 4. The van der Waals surface area contributed by atoms with Crippen molar-refractivity contribution in [3.05, 3.63) is 29.3 Å². The summed E-state index contributed by atoms with van der Waals surface area (Å²) in [5, 5.41) is 7.53. The Kier molecular flexibility index (Phi) is 8.59. The van der Waals surface area contributed by atoms with Gasteiger partial charge in [-0.05, 0) is 32.5 Å². The van der Waals surface area contributed by atoms with Crippen molar-refractivity contribution < 1.29 is 19.1 Å². The molecule has 3 N–H and O–H groups in total. The number of methoxy groups -OCH3 is 1. The SMILES string of the molecule is COCCNC(=O)CN(C)CC(=O)NC(=O)Nc1ccc(C)cc1C. The van der Waals surface area contributed by atoms with Crippen molar-refractivity contribution in [2.75, 3.05) is 45.7 Å². The number of benzene rings is 1. The number of nitrogens with one attached hydrogen (secondary N) is 3. The fraction of sp³-hybridized carbons (Fsp3) is 0.471. The quantitative estimate of drug-likeness (QED) is 0.598. The average molecular weight is 350 g/mol. The molecule has 25 heavy (non-hydrogen) atoms. The molecule has 8 nitrogen and oxygen atoms in total. The van der Waals surface area contributed by atoms with Crippen molar-refractivity contribution in [3.63, 3.8) is 0 Å². The van der Waals surface area contributed by atoms with Crippen LogP contribution in [-0.4, -0.2) is 63.1 Å². The summed E-state index contributed by atoms with van der Waals surface area (Å²) in [6, 6.07) is 4.99. The van der Waals surface area contributed by atoms with E-state index >= 15 is 0 Å². The number of aryl methyl sites for hydroxylation is 2. The zero-order valence-corrected chi connectivity index (χ0v) is 15.1. The summed E-state index contributed by atoms with van der Waals surface area (Å²) in [5.74, 6) is -0.707. The first-order chi connectivity index (χ1) is 11.8. The molecule has 0 radical (unpaired) electrons. The lowest BCUT2D eigenvalue weighted by Gasteiger charge is -2.16. The smallest absolute Gasteiger partial charge is 0.325 e. The third-order valence-corrected chi connectivity index (χ3v) is 3.34. The lowest BCUT2D eigenvalue weighted by atomic mass is 10.1. The van der Waals surface area contributed by atoms with E-state index in [1.807, 2.05) is 26.0 Å². The number of nitrogens with zero attached hydrogens (tertiary/aromatic N) is 1. The number of urea groups is 1. The maximum Gasteiger partial charge on any atom is 0.325 e. The molecular weight excluding hydrogens is 324 g/mol. The minimum Gasteiger partial charge on any atom is -0.383 e. The van der Waals surface area contributed by atoms with Gasteiger partial charge in [-0.15, -0.1) is 0 Å². The summed E-state index contributed by atoms with van der Waals surface area (Å²) in [7, 11) is 3.17. The summed E-state index contributed by atoms with van der Waals surface area (Å²) >= 11 is 0. The van der Waals surface area contributed by atoms with Crippen LogP contribution < -0.4 is 16.0 Å². The van der Waals surface area contributed by atoms with Crippen LogP contribution in [0, 0.1) is 13.8 Å². The maximum absolute atomic E-state index is 11.9. The molecule has 0 aliphatic heterocycles. The van der Waals surface area contributed by atoms with Crippen LogP contribution in [0.15, 0.2) is 18.2 Å². The Labute approximate surface area is 147 Å². The van der Waals surface area contributed by atoms with E-state index in [1.165, 1.54) is 4.90 Å². The molecule has 0 aliphatic rings. The normalized spacial score (nSPS) is 10.4. The van der Waals surface area contributed by atoms with E-state index in [1.54, 1.807) is 20.2 Å². The van der Waals surface area contributed by atoms with Crippen LogP contribution in [0.5, 0.6) is 0 Å². The van der Waals surface area contributed by atoms with Gasteiger partial charge < -0.3 is 15.4 Å². The standard InChI is InChI=1S/C17H26N4O4/c1-12-5-6-14(13(2)9-12)19-17(24)20-16(23)11-21(3)10-15(22)18-7-8-25-4/h5-6,9H,7-8,10-11H2,1-4H3,(H,18,22)(H2,19,20,23,24). The summed E-state index contributed by atoms with van der Waals surface area (Å²) in [5.41, 5.74) is 2.64. The molecule has 1 aromatic rings. The van der Waals surface area contributed by atoms with Gasteiger partial charge in [-0.1, -0.05) is 17.7 Å². The molecule has 0 bridgehead atoms. The van der Waals surface area contributed by atoms with Crippen LogP contribution in [0.1, 0.15) is 11.1 Å². The van der Waals surface area contributed by atoms with E-state index in [-0.39, 0.29) is 19.0 Å². The largest absolute Gasteiger partial charge is 0.383 e. The van der Waals surface area contributed by atoms with Crippen LogP contribution in [-0.2, 0) is 14.3 Å². The third-order valence-electron chi connectivity index (χ3n) is 3.34. The zero-order chi connectivity index (χ0) is 18.8. The highest BCUT2D eigenvalue weighted by atomic mass is 16.5. The number of rotatable bonds is 8. The molecule has 0 heterocycles. The second kappa shape index (κ2) is 10.4. The number of hydrogen-bond acceptors (Lipinski definition) is 5. The predicted molar refractivity (Wildman–Crippen MR) is 95.5 cm³/mol. The molecule has 0 aliphatic carbocycles. The number of hydrogen-bond donors (Lipinski definition) is 3. The van der Waals surface area contributed by atoms with Crippen molar-refractivity contribution in [2.24, 2.45) is 0 Å². The molecule has 1 aromatic carbocycles. The van der Waals surface area contributed by atoms with Crippen molar-refractivity contribution >= 4 is 23.5 Å². The van der Waals surface area contributed by atoms with Crippen molar-refractivity contribution in [1.29, 1.82) is 0 Å². The highest BCUT2D eigenvalue weighted by Gasteiger charge is 2.13. The summed E-state index contributed by atoms with van der Waals surface area (Å²) in [6.45, 7) is 4.65. The zero-order valence-electron chi connectivity index (χ0n) is 15.1. The van der Waals surface area contributed by atoms with Crippen LogP contribution in [0.2, 0.25) is 0 Å². The van der Waals surface area contributed by atoms with Crippen LogP contribution in [0.3, 0.4) is 0 Å². The molecular formula is C17H26N4O4. The van der Waals surface area contributed by atoms with E-state index in [9.17, 15) is 14.4 Å². The fourth-order valence-electron chi connectivity index (χ4n) is 2.17. The lowest BCUT2D eigenvalue weighted by Crippen LogP contribution is -2.44. The molecule has 0 unspecified atom stereocenters. The van der Waals surface area contributed by atoms with Gasteiger partial charge in [0.15, 0.2) is 0 Å². The molecule has 0 atom stereocenters. The Balaban J connectivity index is 2.37. The Morgan fingerprint density at radius 2 is 1.80 bits per heavy atom. The number of carbonyl (C=O) groups excluding carboxylic acids is 3. The van der Waals surface area contributed by atoms with Crippen LogP contribution >= 0.6 is 0 Å². The lowest BCUT2D eigenvalue weighted by molar-refractivity contribution is -0.124. The van der Waals surface area contributed by atoms with Gasteiger partial charge >= 0.3 is 6.03 Å². The first-order valence-electron chi connectivity index (χ1n) is 7.94. The molecule has 0 fully saturated rings. The number of anilines is 1. The molecule has 0 spiro atoms. The number of imide groups is 1. The highest BCUT2D eigenvalue weighted by Crippen LogP contribution is 2.15. The average Bonchev–Trinajstić information content (AvgIpc) is 2.49. The van der Waals surface area contributed by atoms with Gasteiger partial charge in [0.1, 0.15) is 0 Å². The van der Waals surface area contributed by atoms with Gasteiger partial charge in [0.2, 0.25) is 11.8 Å². The van der Waals surface area contributed by atoms with Gasteiger partial charge in [-0.25, -0.2) is 4.79 Å². The second-order valence-corrected chi connectivity index (χ2v) is 5.84. The highest BCUT2D eigenvalue weighted by molar-refractivity contribution is 6.02.